The molecule has 29 heavy (non-hydrogen) atoms. The average Bonchev–Trinajstić information content (AvgIpc) is 3.36. The highest BCUT2D eigenvalue weighted by atomic mass is 16.6. The predicted octanol–water partition coefficient (Wildman–Crippen LogP) is 3.28. The van der Waals surface area contributed by atoms with Crippen LogP contribution >= 0.6 is 0 Å². The molecule has 2 aromatic carbocycles. The summed E-state index contributed by atoms with van der Waals surface area (Å²) in [4.78, 5) is 37.0. The first kappa shape index (κ1) is 17.9. The lowest BCUT2D eigenvalue weighted by molar-refractivity contribution is -0.145. The maximum absolute atomic E-state index is 12.9. The predicted molar refractivity (Wildman–Crippen MR) is 105 cm³/mol. The van der Waals surface area contributed by atoms with E-state index >= 15 is 0 Å². The maximum atomic E-state index is 12.9. The molecule has 0 unspecified atom stereocenters. The van der Waals surface area contributed by atoms with Gasteiger partial charge in [-0.1, -0.05) is 30.3 Å². The molecule has 6 heteroatoms. The standard InChI is InChI=1S/C23H21NO5/c1-28-22(26)16-5-3-2-4-15(16)12-6-8-14(9-7-12)24-21(25)19-13-10-17-18(11-13)29-23(27)20(17)19/h2-9,13,17-20H,10-11H2,1H3,(H,24,25)/t13-,17+,18+,19-,20-/m1/s1. The van der Waals surface area contributed by atoms with Crippen LogP contribution in [0.3, 0.4) is 0 Å². The van der Waals surface area contributed by atoms with E-state index in [1.165, 1.54) is 7.11 Å². The van der Waals surface area contributed by atoms with Gasteiger partial charge in [-0.25, -0.2) is 4.79 Å². The van der Waals surface area contributed by atoms with Gasteiger partial charge in [0, 0.05) is 11.6 Å². The number of hydrogen-bond acceptors (Lipinski definition) is 5. The van der Waals surface area contributed by atoms with Crippen molar-refractivity contribution in [3.05, 3.63) is 54.1 Å². The van der Waals surface area contributed by atoms with E-state index in [0.29, 0.717) is 11.3 Å². The molecule has 5 atom stereocenters. The third-order valence-corrected chi connectivity index (χ3v) is 6.58. The van der Waals surface area contributed by atoms with Crippen molar-refractivity contribution in [2.24, 2.45) is 23.7 Å². The number of amides is 1. The molecule has 1 N–H and O–H groups in total. The summed E-state index contributed by atoms with van der Waals surface area (Å²) in [5.41, 5.74) is 2.78. The molecular formula is C23H21NO5. The summed E-state index contributed by atoms with van der Waals surface area (Å²) >= 11 is 0. The molecule has 2 bridgehead atoms. The van der Waals surface area contributed by atoms with Crippen LogP contribution in [0.1, 0.15) is 23.2 Å². The minimum absolute atomic E-state index is 0.0238. The molecule has 2 saturated carbocycles. The number of carbonyl (C=O) groups is 3. The van der Waals surface area contributed by atoms with E-state index in [9.17, 15) is 14.4 Å². The fourth-order valence-electron chi connectivity index (χ4n) is 5.34. The molecular weight excluding hydrogens is 370 g/mol. The molecule has 2 aliphatic carbocycles. The van der Waals surface area contributed by atoms with E-state index in [1.54, 1.807) is 12.1 Å². The first-order chi connectivity index (χ1) is 14.1. The molecule has 3 fully saturated rings. The van der Waals surface area contributed by atoms with E-state index in [-0.39, 0.29) is 41.7 Å². The van der Waals surface area contributed by atoms with Crippen LogP contribution in [0.5, 0.6) is 0 Å². The van der Waals surface area contributed by atoms with Crippen molar-refractivity contribution in [3.63, 3.8) is 0 Å². The number of nitrogens with one attached hydrogen (secondary N) is 1. The molecule has 148 valence electrons. The number of fused-ring (bicyclic) bond motifs is 1. The summed E-state index contributed by atoms with van der Waals surface area (Å²) in [7, 11) is 1.36. The molecule has 2 aromatic rings. The molecule has 6 nitrogen and oxygen atoms in total. The highest BCUT2D eigenvalue weighted by molar-refractivity contribution is 5.98. The fourth-order valence-corrected chi connectivity index (χ4v) is 5.34. The van der Waals surface area contributed by atoms with E-state index in [4.69, 9.17) is 9.47 Å². The Morgan fingerprint density at radius 1 is 1.07 bits per heavy atom. The summed E-state index contributed by atoms with van der Waals surface area (Å²) in [5.74, 6) is -0.863. The van der Waals surface area contributed by atoms with Gasteiger partial charge >= 0.3 is 11.9 Å². The highest BCUT2D eigenvalue weighted by Gasteiger charge is 2.63. The number of carbonyl (C=O) groups excluding carboxylic acids is 3. The zero-order valence-electron chi connectivity index (χ0n) is 16.0. The number of ether oxygens (including phenoxy) is 2. The molecule has 0 spiro atoms. The van der Waals surface area contributed by atoms with Gasteiger partial charge in [-0.2, -0.15) is 0 Å². The monoisotopic (exact) mass is 391 g/mol. The number of esters is 2. The van der Waals surface area contributed by atoms with Gasteiger partial charge in [-0.3, -0.25) is 9.59 Å². The molecule has 1 saturated heterocycles. The fraction of sp³-hybridized carbons (Fsp3) is 0.348. The Morgan fingerprint density at radius 3 is 2.59 bits per heavy atom. The van der Waals surface area contributed by atoms with Crippen LogP contribution in [0.4, 0.5) is 5.69 Å². The highest BCUT2D eigenvalue weighted by Crippen LogP contribution is 2.57. The van der Waals surface area contributed by atoms with Crippen molar-refractivity contribution in [2.75, 3.05) is 12.4 Å². The Kier molecular flexibility index (Phi) is 4.15. The minimum atomic E-state index is -0.393. The van der Waals surface area contributed by atoms with Gasteiger partial charge in [0.05, 0.1) is 24.5 Å². The number of benzene rings is 2. The van der Waals surface area contributed by atoms with E-state index in [1.807, 2.05) is 36.4 Å². The zero-order chi connectivity index (χ0) is 20.1. The van der Waals surface area contributed by atoms with Gasteiger partial charge in [-0.05, 0) is 48.1 Å². The van der Waals surface area contributed by atoms with Gasteiger partial charge < -0.3 is 14.8 Å². The number of rotatable bonds is 4. The van der Waals surface area contributed by atoms with Crippen molar-refractivity contribution in [1.29, 1.82) is 0 Å². The van der Waals surface area contributed by atoms with Crippen LogP contribution < -0.4 is 5.32 Å². The lowest BCUT2D eigenvalue weighted by atomic mass is 9.79. The van der Waals surface area contributed by atoms with Crippen LogP contribution in [0, 0.1) is 23.7 Å². The second-order valence-electron chi connectivity index (χ2n) is 8.03. The molecule has 1 aliphatic heterocycles. The topological polar surface area (TPSA) is 81.7 Å². The van der Waals surface area contributed by atoms with Gasteiger partial charge in [-0.15, -0.1) is 0 Å². The molecule has 1 heterocycles. The SMILES string of the molecule is COC(=O)c1ccccc1-c1ccc(NC(=O)[C@@H]2[C@@H]3C[C@@H]4[C@H]2C(=O)O[C@H]4C3)cc1. The molecule has 3 aliphatic rings. The summed E-state index contributed by atoms with van der Waals surface area (Å²) in [5, 5.41) is 2.96. The Balaban J connectivity index is 1.34. The number of methoxy groups -OCH3 is 1. The van der Waals surface area contributed by atoms with Crippen molar-refractivity contribution < 1.29 is 23.9 Å². The smallest absolute Gasteiger partial charge is 0.338 e. The summed E-state index contributed by atoms with van der Waals surface area (Å²) in [6.45, 7) is 0. The quantitative estimate of drug-likeness (QED) is 0.809. The lowest BCUT2D eigenvalue weighted by Gasteiger charge is -2.23. The van der Waals surface area contributed by atoms with Gasteiger partial charge in [0.15, 0.2) is 0 Å². The summed E-state index contributed by atoms with van der Waals surface area (Å²) in [6.07, 6.45) is 1.73. The Morgan fingerprint density at radius 2 is 1.83 bits per heavy atom. The minimum Gasteiger partial charge on any atom is -0.465 e. The molecule has 1 amide bonds. The largest absolute Gasteiger partial charge is 0.465 e. The number of hydrogen-bond donors (Lipinski definition) is 1. The third kappa shape index (κ3) is 2.82. The van der Waals surface area contributed by atoms with Crippen molar-refractivity contribution in [3.8, 4) is 11.1 Å². The molecule has 0 aromatic heterocycles. The van der Waals surface area contributed by atoms with Gasteiger partial charge in [0.2, 0.25) is 5.91 Å². The first-order valence-electron chi connectivity index (χ1n) is 9.86. The zero-order valence-corrected chi connectivity index (χ0v) is 16.0. The van der Waals surface area contributed by atoms with Crippen molar-refractivity contribution >= 4 is 23.5 Å². The van der Waals surface area contributed by atoms with Crippen LogP contribution in [-0.4, -0.2) is 31.1 Å². The maximum Gasteiger partial charge on any atom is 0.338 e. The van der Waals surface area contributed by atoms with Gasteiger partial charge in [0.25, 0.3) is 0 Å². The van der Waals surface area contributed by atoms with Crippen LogP contribution in [0.2, 0.25) is 0 Å². The summed E-state index contributed by atoms with van der Waals surface area (Å²) < 4.78 is 10.3. The van der Waals surface area contributed by atoms with E-state index in [0.717, 1.165) is 24.0 Å². The van der Waals surface area contributed by atoms with Crippen LogP contribution in [0.15, 0.2) is 48.5 Å². The first-order valence-corrected chi connectivity index (χ1v) is 9.86. The second kappa shape index (κ2) is 6.72. The average molecular weight is 391 g/mol. The van der Waals surface area contributed by atoms with Crippen LogP contribution in [0.25, 0.3) is 11.1 Å². The van der Waals surface area contributed by atoms with Crippen molar-refractivity contribution in [2.45, 2.75) is 18.9 Å². The Labute approximate surface area is 168 Å². The van der Waals surface area contributed by atoms with Gasteiger partial charge in [0.1, 0.15) is 6.10 Å². The Bertz CT molecular complexity index is 997. The second-order valence-corrected chi connectivity index (χ2v) is 8.03. The molecule has 0 radical (unpaired) electrons. The van der Waals surface area contributed by atoms with E-state index < -0.39 is 5.97 Å². The van der Waals surface area contributed by atoms with Crippen LogP contribution in [-0.2, 0) is 19.1 Å². The molecule has 5 rings (SSSR count). The Hall–Kier alpha value is -3.15. The summed E-state index contributed by atoms with van der Waals surface area (Å²) in [6, 6.07) is 14.6. The van der Waals surface area contributed by atoms with Crippen molar-refractivity contribution in [1.82, 2.24) is 0 Å². The normalized spacial score (nSPS) is 28.9. The number of anilines is 1. The van der Waals surface area contributed by atoms with E-state index in [2.05, 4.69) is 5.32 Å². The lowest BCUT2D eigenvalue weighted by Crippen LogP contribution is -2.35. The third-order valence-electron chi connectivity index (χ3n) is 6.58.